The van der Waals surface area contributed by atoms with E-state index >= 15 is 0 Å². The average molecular weight is 219 g/mol. The Kier molecular flexibility index (Phi) is 3.48. The van der Waals surface area contributed by atoms with Gasteiger partial charge in [-0.2, -0.15) is 5.26 Å². The summed E-state index contributed by atoms with van der Waals surface area (Å²) < 4.78 is 0. The minimum absolute atomic E-state index is 0.245. The van der Waals surface area contributed by atoms with E-state index in [1.54, 1.807) is 30.5 Å². The van der Waals surface area contributed by atoms with Crippen LogP contribution in [0.2, 0.25) is 0 Å². The molecule has 0 amide bonds. The fraction of sp³-hybridized carbons (Fsp3) is 0.273. The molecule has 0 spiro atoms. The van der Waals surface area contributed by atoms with Crippen LogP contribution in [0.15, 0.2) is 24.3 Å². The van der Waals surface area contributed by atoms with Gasteiger partial charge in [0.15, 0.2) is 6.19 Å². The van der Waals surface area contributed by atoms with Crippen molar-refractivity contribution in [2.24, 2.45) is 5.73 Å². The van der Waals surface area contributed by atoms with Gasteiger partial charge < -0.3 is 10.8 Å². The molecule has 4 N–H and O–H groups in total. The maximum Gasteiger partial charge on any atom is 0.323 e. The van der Waals surface area contributed by atoms with Gasteiger partial charge in [-0.15, -0.1) is 0 Å². The minimum atomic E-state index is -1.27. The van der Waals surface area contributed by atoms with Crippen LogP contribution in [0.5, 0.6) is 0 Å². The van der Waals surface area contributed by atoms with E-state index in [9.17, 15) is 4.79 Å². The fourth-order valence-corrected chi connectivity index (χ4v) is 1.27. The number of carboxylic acid groups (broad SMARTS) is 1. The fourth-order valence-electron chi connectivity index (χ4n) is 1.27. The molecule has 5 heteroatoms. The third-order valence-corrected chi connectivity index (χ3v) is 2.21. The predicted molar refractivity (Wildman–Crippen MR) is 59.6 cm³/mol. The number of nitriles is 1. The lowest BCUT2D eigenvalue weighted by molar-refractivity contribution is -0.142. The van der Waals surface area contributed by atoms with Crippen LogP contribution in [0.4, 0.5) is 5.69 Å². The zero-order valence-electron chi connectivity index (χ0n) is 8.90. The molecule has 0 bridgehead atoms. The molecule has 16 heavy (non-hydrogen) atoms. The highest BCUT2D eigenvalue weighted by Crippen LogP contribution is 2.14. The van der Waals surface area contributed by atoms with Crippen molar-refractivity contribution in [3.8, 4) is 6.19 Å². The van der Waals surface area contributed by atoms with E-state index in [-0.39, 0.29) is 6.42 Å². The molecule has 0 aliphatic heterocycles. The second-order valence-corrected chi connectivity index (χ2v) is 3.83. The first-order valence-electron chi connectivity index (χ1n) is 4.72. The monoisotopic (exact) mass is 219 g/mol. The summed E-state index contributed by atoms with van der Waals surface area (Å²) in [7, 11) is 0. The van der Waals surface area contributed by atoms with E-state index in [1.807, 2.05) is 0 Å². The summed E-state index contributed by atoms with van der Waals surface area (Å²) in [6.45, 7) is 1.47. The van der Waals surface area contributed by atoms with Gasteiger partial charge in [0.25, 0.3) is 0 Å². The zero-order chi connectivity index (χ0) is 12.2. The quantitative estimate of drug-likeness (QED) is 0.516. The minimum Gasteiger partial charge on any atom is -0.480 e. The molecule has 0 fully saturated rings. The number of nitrogens with one attached hydrogen (secondary N) is 1. The Morgan fingerprint density at radius 3 is 2.56 bits per heavy atom. The van der Waals surface area contributed by atoms with Gasteiger partial charge in [-0.3, -0.25) is 10.1 Å². The molecule has 84 valence electrons. The molecule has 0 unspecified atom stereocenters. The van der Waals surface area contributed by atoms with Gasteiger partial charge in [0.2, 0.25) is 0 Å². The predicted octanol–water partition coefficient (Wildman–Crippen LogP) is 0.924. The highest BCUT2D eigenvalue weighted by Gasteiger charge is 2.27. The van der Waals surface area contributed by atoms with E-state index in [0.717, 1.165) is 5.56 Å². The van der Waals surface area contributed by atoms with Crippen molar-refractivity contribution in [1.29, 1.82) is 5.26 Å². The molecule has 1 aromatic rings. The SMILES string of the molecule is C[C@](N)(Cc1ccc(NC#N)cc1)C(=O)O. The summed E-state index contributed by atoms with van der Waals surface area (Å²) in [6.07, 6.45) is 2.05. The lowest BCUT2D eigenvalue weighted by Crippen LogP contribution is -2.46. The third kappa shape index (κ3) is 2.97. The molecular weight excluding hydrogens is 206 g/mol. The van der Waals surface area contributed by atoms with E-state index < -0.39 is 11.5 Å². The second kappa shape index (κ2) is 4.64. The van der Waals surface area contributed by atoms with Crippen molar-refractivity contribution in [3.05, 3.63) is 29.8 Å². The number of rotatable bonds is 4. The summed E-state index contributed by atoms with van der Waals surface area (Å²) in [5.41, 5.74) is 5.83. The Labute approximate surface area is 93.5 Å². The van der Waals surface area contributed by atoms with Crippen LogP contribution in [0.1, 0.15) is 12.5 Å². The van der Waals surface area contributed by atoms with E-state index in [2.05, 4.69) is 5.32 Å². The molecule has 0 aliphatic rings. The number of aliphatic carboxylic acids is 1. The van der Waals surface area contributed by atoms with E-state index in [4.69, 9.17) is 16.1 Å². The molecule has 0 heterocycles. The Hall–Kier alpha value is -2.06. The Balaban J connectivity index is 2.77. The van der Waals surface area contributed by atoms with Gasteiger partial charge in [-0.05, 0) is 24.6 Å². The number of anilines is 1. The summed E-state index contributed by atoms with van der Waals surface area (Å²) in [4.78, 5) is 10.8. The smallest absolute Gasteiger partial charge is 0.323 e. The van der Waals surface area contributed by atoms with Gasteiger partial charge in [0.05, 0.1) is 0 Å². The van der Waals surface area contributed by atoms with Gasteiger partial charge in [0.1, 0.15) is 5.54 Å². The van der Waals surface area contributed by atoms with Gasteiger partial charge in [0, 0.05) is 12.1 Å². The molecule has 5 nitrogen and oxygen atoms in total. The average Bonchev–Trinajstić information content (AvgIpc) is 2.21. The van der Waals surface area contributed by atoms with Crippen molar-refractivity contribution in [2.45, 2.75) is 18.9 Å². The summed E-state index contributed by atoms with van der Waals surface area (Å²) in [5.74, 6) is -1.04. The molecule has 1 atom stereocenters. The van der Waals surface area contributed by atoms with Gasteiger partial charge in [-0.1, -0.05) is 12.1 Å². The van der Waals surface area contributed by atoms with Gasteiger partial charge >= 0.3 is 5.97 Å². The molecule has 0 saturated heterocycles. The summed E-state index contributed by atoms with van der Waals surface area (Å²) in [5, 5.41) is 19.7. The largest absolute Gasteiger partial charge is 0.480 e. The van der Waals surface area contributed by atoms with Crippen molar-refractivity contribution in [3.63, 3.8) is 0 Å². The first-order chi connectivity index (χ1) is 7.45. The van der Waals surface area contributed by atoms with Crippen molar-refractivity contribution >= 4 is 11.7 Å². The Morgan fingerprint density at radius 2 is 2.12 bits per heavy atom. The number of carbonyl (C=O) groups is 1. The zero-order valence-corrected chi connectivity index (χ0v) is 8.90. The molecule has 1 aromatic carbocycles. The molecular formula is C11H13N3O2. The maximum atomic E-state index is 10.8. The molecule has 1 rings (SSSR count). The van der Waals surface area contributed by atoms with Crippen molar-refractivity contribution in [1.82, 2.24) is 0 Å². The Bertz CT molecular complexity index is 418. The lowest BCUT2D eigenvalue weighted by Gasteiger charge is -2.18. The van der Waals surface area contributed by atoms with E-state index in [1.165, 1.54) is 6.92 Å². The summed E-state index contributed by atoms with van der Waals surface area (Å²) in [6, 6.07) is 6.90. The standard InChI is InChI=1S/C11H13N3O2/c1-11(13,10(15)16)6-8-2-4-9(5-3-8)14-7-12/h2-5,14H,6,13H2,1H3,(H,15,16)/t11-/m0/s1. The number of carboxylic acids is 1. The number of benzene rings is 1. The van der Waals surface area contributed by atoms with Gasteiger partial charge in [-0.25, -0.2) is 0 Å². The Morgan fingerprint density at radius 1 is 1.56 bits per heavy atom. The molecule has 0 aromatic heterocycles. The molecule has 0 saturated carbocycles. The normalized spacial score (nSPS) is 13.6. The van der Waals surface area contributed by atoms with E-state index in [0.29, 0.717) is 5.69 Å². The van der Waals surface area contributed by atoms with Crippen LogP contribution in [0.3, 0.4) is 0 Å². The third-order valence-electron chi connectivity index (χ3n) is 2.21. The van der Waals surface area contributed by atoms with Crippen LogP contribution in [-0.2, 0) is 11.2 Å². The number of hydrogen-bond donors (Lipinski definition) is 3. The molecule has 0 radical (unpaired) electrons. The lowest BCUT2D eigenvalue weighted by atomic mass is 9.94. The maximum absolute atomic E-state index is 10.8. The first-order valence-corrected chi connectivity index (χ1v) is 4.72. The second-order valence-electron chi connectivity index (χ2n) is 3.83. The summed E-state index contributed by atoms with van der Waals surface area (Å²) >= 11 is 0. The topological polar surface area (TPSA) is 99.1 Å². The number of nitrogens with zero attached hydrogens (tertiary/aromatic N) is 1. The number of nitrogens with two attached hydrogens (primary N) is 1. The van der Waals surface area contributed by atoms with Crippen molar-refractivity contribution in [2.75, 3.05) is 5.32 Å². The van der Waals surface area contributed by atoms with Crippen molar-refractivity contribution < 1.29 is 9.90 Å². The van der Waals surface area contributed by atoms with Crippen LogP contribution in [-0.4, -0.2) is 16.6 Å². The molecule has 0 aliphatic carbocycles. The number of hydrogen-bond acceptors (Lipinski definition) is 4. The first kappa shape index (κ1) is 12.0. The van der Waals surface area contributed by atoms with Crippen LogP contribution < -0.4 is 11.1 Å². The van der Waals surface area contributed by atoms with Crippen LogP contribution >= 0.6 is 0 Å². The highest BCUT2D eigenvalue weighted by molar-refractivity contribution is 5.78. The van der Waals surface area contributed by atoms with Crippen LogP contribution in [0.25, 0.3) is 0 Å². The van der Waals surface area contributed by atoms with Crippen LogP contribution in [0, 0.1) is 11.5 Å². The highest BCUT2D eigenvalue weighted by atomic mass is 16.4.